The Labute approximate surface area is 589 Å². The minimum Gasteiger partial charge on any atom is -0.466 e. The first-order valence-corrected chi connectivity index (χ1v) is 40.3. The molecule has 2 aliphatic carbocycles. The number of nitrogens with one attached hydrogen (secondary N) is 6. The van der Waals surface area contributed by atoms with Gasteiger partial charge in [0.1, 0.15) is 0 Å². The number of rotatable bonds is 54. The third-order valence-electron chi connectivity index (χ3n) is 20.7. The molecule has 96 heavy (non-hydrogen) atoms. The zero-order valence-corrected chi connectivity index (χ0v) is 64.8. The SMILES string of the molecule is CCCCCCCCCCCCC(CCCCCCCCCC)COC(=O)NC1CC(C)(C)CC(C)(CNC(=O)Nc2nc(C)c(CCOC(C)=O)c(=O)[nH]2)C1.CCCCCCCCCCCCC(CCCCCCCCCC)COC(=O)NC1CC(C)(C)CC(C)(CNC)C1. The Balaban J connectivity index is 0.000000692. The van der Waals surface area contributed by atoms with Crippen LogP contribution in [0.4, 0.5) is 20.3 Å². The summed E-state index contributed by atoms with van der Waals surface area (Å²) in [6.45, 7) is 28.2. The number of hydrogen-bond donors (Lipinski definition) is 6. The molecule has 6 atom stereocenters. The summed E-state index contributed by atoms with van der Waals surface area (Å²) in [6.07, 6.45) is 58.2. The normalized spacial score (nSPS) is 19.5. The van der Waals surface area contributed by atoms with Crippen LogP contribution in [0.15, 0.2) is 4.79 Å². The average molecular weight is 1350 g/mol. The van der Waals surface area contributed by atoms with Crippen LogP contribution in [0.1, 0.15) is 383 Å². The second kappa shape index (κ2) is 53.0. The van der Waals surface area contributed by atoms with Crippen molar-refractivity contribution in [3.63, 3.8) is 0 Å². The van der Waals surface area contributed by atoms with Crippen LogP contribution in [0, 0.1) is 40.4 Å². The van der Waals surface area contributed by atoms with Crippen molar-refractivity contribution in [2.24, 2.45) is 33.5 Å². The van der Waals surface area contributed by atoms with Crippen molar-refractivity contribution < 1.29 is 33.4 Å². The van der Waals surface area contributed by atoms with Gasteiger partial charge in [0, 0.05) is 44.1 Å². The number of unbranched alkanes of at least 4 members (excludes halogenated alkanes) is 32. The third kappa shape index (κ3) is 45.0. The molecule has 2 saturated carbocycles. The van der Waals surface area contributed by atoms with Gasteiger partial charge in [-0.05, 0) is 112 Å². The number of urea groups is 1. The molecule has 0 spiro atoms. The number of aryl methyl sites for hydroxylation is 1. The van der Waals surface area contributed by atoms with Crippen LogP contribution >= 0.6 is 0 Å². The number of aromatic nitrogens is 2. The van der Waals surface area contributed by atoms with Crippen LogP contribution in [0.2, 0.25) is 0 Å². The topological polar surface area (TPSA) is 202 Å². The number of nitrogens with zero attached hydrogens (tertiary/aromatic N) is 1. The lowest BCUT2D eigenvalue weighted by atomic mass is 9.62. The molecule has 0 aromatic carbocycles. The van der Waals surface area contributed by atoms with Gasteiger partial charge in [0.2, 0.25) is 5.95 Å². The largest absolute Gasteiger partial charge is 0.466 e. The van der Waals surface area contributed by atoms with E-state index in [1.807, 2.05) is 7.05 Å². The van der Waals surface area contributed by atoms with E-state index >= 15 is 0 Å². The van der Waals surface area contributed by atoms with Crippen molar-refractivity contribution >= 4 is 30.1 Å². The number of esters is 1. The van der Waals surface area contributed by atoms with Gasteiger partial charge in [-0.3, -0.25) is 19.9 Å². The van der Waals surface area contributed by atoms with Crippen LogP contribution in [-0.2, 0) is 25.4 Å². The van der Waals surface area contributed by atoms with Crippen molar-refractivity contribution in [1.29, 1.82) is 0 Å². The Morgan fingerprint density at radius 2 is 0.823 bits per heavy atom. The monoisotopic (exact) mass is 1350 g/mol. The molecule has 6 unspecified atom stereocenters. The molecule has 15 nitrogen and oxygen atoms in total. The molecule has 15 heteroatoms. The summed E-state index contributed by atoms with van der Waals surface area (Å²) in [4.78, 5) is 69.7. The number of carbonyl (C=O) groups excluding carboxylic acids is 4. The number of carbonyl (C=O) groups is 4. The zero-order chi connectivity index (χ0) is 70.8. The van der Waals surface area contributed by atoms with Crippen LogP contribution in [-0.4, -0.2) is 86.2 Å². The molecular weight excluding hydrogens is 1200 g/mol. The van der Waals surface area contributed by atoms with Gasteiger partial charge in [0.05, 0.1) is 25.5 Å². The Hall–Kier alpha value is -3.88. The minimum atomic E-state index is -0.473. The molecule has 0 radical (unpaired) electrons. The lowest BCUT2D eigenvalue weighted by molar-refractivity contribution is -0.140. The zero-order valence-electron chi connectivity index (χ0n) is 64.8. The number of H-pyrrole nitrogens is 1. The number of aromatic amines is 1. The molecule has 1 aromatic heterocycles. The summed E-state index contributed by atoms with van der Waals surface area (Å²) in [5.41, 5.74) is 0.585. The first-order valence-electron chi connectivity index (χ1n) is 40.3. The van der Waals surface area contributed by atoms with E-state index in [4.69, 9.17) is 14.2 Å². The highest BCUT2D eigenvalue weighted by atomic mass is 16.6. The van der Waals surface area contributed by atoms with Crippen LogP contribution in [0.3, 0.4) is 0 Å². The maximum Gasteiger partial charge on any atom is 0.407 e. The Kier molecular flexibility index (Phi) is 48.7. The van der Waals surface area contributed by atoms with Crippen molar-refractivity contribution in [1.82, 2.24) is 31.2 Å². The third-order valence-corrected chi connectivity index (χ3v) is 20.7. The molecule has 1 aromatic rings. The molecule has 0 bridgehead atoms. The number of anilines is 1. The minimum absolute atomic E-state index is 0.0477. The van der Waals surface area contributed by atoms with Gasteiger partial charge in [-0.25, -0.2) is 19.4 Å². The fourth-order valence-electron chi connectivity index (χ4n) is 16.3. The van der Waals surface area contributed by atoms with Gasteiger partial charge in [0.25, 0.3) is 5.56 Å². The Morgan fingerprint density at radius 1 is 0.490 bits per heavy atom. The number of ether oxygens (including phenoxy) is 3. The van der Waals surface area contributed by atoms with Crippen LogP contribution in [0.5, 0.6) is 0 Å². The smallest absolute Gasteiger partial charge is 0.407 e. The first kappa shape index (κ1) is 88.2. The van der Waals surface area contributed by atoms with Gasteiger partial charge in [-0.1, -0.05) is 300 Å². The number of amides is 4. The highest BCUT2D eigenvalue weighted by Crippen LogP contribution is 2.47. The predicted molar refractivity (Wildman–Crippen MR) is 403 cm³/mol. The number of alkyl carbamates (subject to hydrolysis) is 2. The lowest BCUT2D eigenvalue weighted by Gasteiger charge is -2.46. The van der Waals surface area contributed by atoms with Crippen molar-refractivity contribution in [3.05, 3.63) is 21.6 Å². The van der Waals surface area contributed by atoms with Gasteiger partial charge in [0.15, 0.2) is 0 Å². The first-order chi connectivity index (χ1) is 46.0. The van der Waals surface area contributed by atoms with E-state index in [1.165, 1.54) is 257 Å². The predicted octanol–water partition coefficient (Wildman–Crippen LogP) is 22.0. The van der Waals surface area contributed by atoms with E-state index in [9.17, 15) is 24.0 Å². The standard InChI is InChI=1S/C45H81N5O6.C36H72N2O2/c1-8-10-12-14-16-18-19-21-23-25-27-37(26-24-22-20-17-15-13-11-9-2)32-56-43(54)48-38-30-44(5,6)33-45(7,31-38)34-46-42(53)50-41-47-35(3)39(40(52)49-41)28-29-55-36(4)51;1-7-9-11-13-15-17-18-20-22-24-26-32(25-23-21-19-16-14-12-10-8-2)29-40-34(39)38-33-27-35(3,4)30-36(5,28-33)31-37-6/h37-38H,8-34H2,1-7H3,(H,48,54)(H3,46,47,49,50,52,53);32-33,37H,7-31H2,1-6H3,(H,38,39). The molecule has 2 aliphatic rings. The van der Waals surface area contributed by atoms with Crippen molar-refractivity contribution in [2.45, 2.75) is 397 Å². The van der Waals surface area contributed by atoms with Crippen molar-refractivity contribution in [2.75, 3.05) is 45.3 Å². The van der Waals surface area contributed by atoms with Crippen LogP contribution < -0.4 is 32.1 Å². The maximum atomic E-state index is 13.2. The summed E-state index contributed by atoms with van der Waals surface area (Å²) in [5, 5.41) is 15.4. The maximum absolute atomic E-state index is 13.2. The molecule has 2 fully saturated rings. The van der Waals surface area contributed by atoms with Crippen LogP contribution in [0.25, 0.3) is 0 Å². The fourth-order valence-corrected chi connectivity index (χ4v) is 16.3. The van der Waals surface area contributed by atoms with Gasteiger partial charge in [-0.15, -0.1) is 0 Å². The fraction of sp³-hybridized carbons (Fsp3) is 0.901. The van der Waals surface area contributed by atoms with Gasteiger partial charge >= 0.3 is 24.2 Å². The molecular formula is C81H153N7O8. The van der Waals surface area contributed by atoms with Crippen molar-refractivity contribution in [3.8, 4) is 0 Å². The Bertz CT molecular complexity index is 2220. The van der Waals surface area contributed by atoms with E-state index in [1.54, 1.807) is 6.92 Å². The molecule has 1 heterocycles. The van der Waals surface area contributed by atoms with Gasteiger partial charge < -0.3 is 35.5 Å². The van der Waals surface area contributed by atoms with E-state index in [0.717, 1.165) is 45.1 Å². The molecule has 0 saturated heterocycles. The average Bonchev–Trinajstić information content (AvgIpc) is 0.822. The summed E-state index contributed by atoms with van der Waals surface area (Å²) in [5.74, 6) is 0.543. The second-order valence-electron chi connectivity index (χ2n) is 32.6. The second-order valence-corrected chi connectivity index (χ2v) is 32.6. The molecule has 6 N–H and O–H groups in total. The quantitative estimate of drug-likeness (QED) is 0.0207. The highest BCUT2D eigenvalue weighted by Gasteiger charge is 2.43. The lowest BCUT2D eigenvalue weighted by Crippen LogP contribution is -2.51. The van der Waals surface area contributed by atoms with E-state index in [2.05, 4.69) is 106 Å². The van der Waals surface area contributed by atoms with E-state index < -0.39 is 12.0 Å². The highest BCUT2D eigenvalue weighted by molar-refractivity contribution is 5.87. The Morgan fingerprint density at radius 3 is 1.15 bits per heavy atom. The summed E-state index contributed by atoms with van der Waals surface area (Å²) in [6, 6.07) is -0.351. The van der Waals surface area contributed by atoms with E-state index in [0.29, 0.717) is 49.3 Å². The van der Waals surface area contributed by atoms with Gasteiger partial charge in [-0.2, -0.15) is 0 Å². The number of hydrogen-bond acceptors (Lipinski definition) is 10. The molecule has 0 aliphatic heterocycles. The summed E-state index contributed by atoms with van der Waals surface area (Å²) >= 11 is 0. The summed E-state index contributed by atoms with van der Waals surface area (Å²) < 4.78 is 16.8. The molecule has 560 valence electrons. The summed E-state index contributed by atoms with van der Waals surface area (Å²) in [7, 11) is 2.03. The molecule has 3 rings (SSSR count). The molecule has 4 amide bonds. The van der Waals surface area contributed by atoms with E-state index in [-0.39, 0.29) is 70.5 Å².